The van der Waals surface area contributed by atoms with Gasteiger partial charge in [-0.3, -0.25) is 9.12 Å². The van der Waals surface area contributed by atoms with Gasteiger partial charge in [0.25, 0.3) is 10.1 Å². The van der Waals surface area contributed by atoms with Gasteiger partial charge in [-0.1, -0.05) is 0 Å². The Morgan fingerprint density at radius 3 is 2.71 bits per heavy atom. The van der Waals surface area contributed by atoms with Crippen molar-refractivity contribution in [1.29, 1.82) is 0 Å². The number of nitrogens with one attached hydrogen (secondary N) is 1. The fourth-order valence-corrected chi connectivity index (χ4v) is 3.16. The van der Waals surface area contributed by atoms with Crippen molar-refractivity contribution >= 4 is 21.2 Å². The third-order valence-electron chi connectivity index (χ3n) is 3.83. The minimum Gasteiger partial charge on any atom is -0.381 e. The summed E-state index contributed by atoms with van der Waals surface area (Å²) < 4.78 is 38.4. The first kappa shape index (κ1) is 14.3. The summed E-state index contributed by atoms with van der Waals surface area (Å²) in [5.74, 6) is 0.324. The Bertz CT molecular complexity index is 815. The van der Waals surface area contributed by atoms with Crippen LogP contribution in [-0.2, 0) is 21.4 Å². The van der Waals surface area contributed by atoms with Crippen molar-refractivity contribution in [1.82, 2.24) is 9.55 Å². The van der Waals surface area contributed by atoms with Gasteiger partial charge in [0, 0.05) is 19.8 Å². The molecule has 1 aromatic carbocycles. The van der Waals surface area contributed by atoms with Crippen LogP contribution in [0.5, 0.6) is 0 Å². The van der Waals surface area contributed by atoms with E-state index in [1.165, 1.54) is 22.8 Å². The lowest BCUT2D eigenvalue weighted by atomic mass is 10.0. The van der Waals surface area contributed by atoms with Crippen molar-refractivity contribution in [2.45, 2.75) is 24.3 Å². The third kappa shape index (κ3) is 2.87. The first-order valence-electron chi connectivity index (χ1n) is 6.73. The van der Waals surface area contributed by atoms with Gasteiger partial charge in [0.1, 0.15) is 0 Å². The first-order chi connectivity index (χ1) is 9.95. The van der Waals surface area contributed by atoms with Crippen LogP contribution in [0.4, 0.5) is 0 Å². The highest BCUT2D eigenvalue weighted by molar-refractivity contribution is 7.85. The van der Waals surface area contributed by atoms with Crippen LogP contribution in [0.15, 0.2) is 27.9 Å². The van der Waals surface area contributed by atoms with E-state index in [0.29, 0.717) is 36.7 Å². The van der Waals surface area contributed by atoms with Gasteiger partial charge >= 0.3 is 5.69 Å². The van der Waals surface area contributed by atoms with Crippen molar-refractivity contribution in [3.05, 3.63) is 28.7 Å². The minimum absolute atomic E-state index is 0.213. The highest BCUT2D eigenvalue weighted by Gasteiger charge is 2.18. The number of imidazole rings is 1. The number of fused-ring (bicyclic) bond motifs is 1. The molecule has 114 valence electrons. The number of aromatic nitrogens is 2. The number of H-pyrrole nitrogens is 1. The maximum absolute atomic E-state index is 12.0. The van der Waals surface area contributed by atoms with E-state index >= 15 is 0 Å². The van der Waals surface area contributed by atoms with Gasteiger partial charge in [0.2, 0.25) is 0 Å². The molecule has 1 aliphatic rings. The normalized spacial score (nSPS) is 17.4. The average molecular weight is 312 g/mol. The van der Waals surface area contributed by atoms with E-state index in [0.717, 1.165) is 12.8 Å². The van der Waals surface area contributed by atoms with Crippen molar-refractivity contribution in [2.75, 3.05) is 13.2 Å². The molecule has 2 N–H and O–H groups in total. The zero-order valence-corrected chi connectivity index (χ0v) is 12.1. The highest BCUT2D eigenvalue weighted by atomic mass is 32.2. The van der Waals surface area contributed by atoms with Crippen LogP contribution < -0.4 is 5.69 Å². The van der Waals surface area contributed by atoms with Gasteiger partial charge in [0.05, 0.1) is 15.9 Å². The second kappa shape index (κ2) is 5.28. The number of ether oxygens (including phenoxy) is 1. The van der Waals surface area contributed by atoms with E-state index in [1.54, 1.807) is 0 Å². The van der Waals surface area contributed by atoms with E-state index in [4.69, 9.17) is 9.29 Å². The number of benzene rings is 1. The van der Waals surface area contributed by atoms with E-state index in [2.05, 4.69) is 4.98 Å². The van der Waals surface area contributed by atoms with Crippen LogP contribution in [0.3, 0.4) is 0 Å². The molecule has 0 spiro atoms. The molecule has 1 saturated heterocycles. The van der Waals surface area contributed by atoms with Crippen LogP contribution in [0, 0.1) is 5.92 Å². The molecule has 1 fully saturated rings. The molecule has 0 amide bonds. The summed E-state index contributed by atoms with van der Waals surface area (Å²) in [5.41, 5.74) is 0.769. The van der Waals surface area contributed by atoms with Gasteiger partial charge in [-0.15, -0.1) is 0 Å². The average Bonchev–Trinajstić information content (AvgIpc) is 2.75. The maximum Gasteiger partial charge on any atom is 0.326 e. The monoisotopic (exact) mass is 312 g/mol. The highest BCUT2D eigenvalue weighted by Crippen LogP contribution is 2.21. The van der Waals surface area contributed by atoms with E-state index in [-0.39, 0.29) is 10.6 Å². The van der Waals surface area contributed by atoms with Crippen molar-refractivity contribution in [3.63, 3.8) is 0 Å². The number of rotatable bonds is 3. The van der Waals surface area contributed by atoms with Crippen LogP contribution in [0.1, 0.15) is 12.8 Å². The van der Waals surface area contributed by atoms with Crippen LogP contribution >= 0.6 is 0 Å². The largest absolute Gasteiger partial charge is 0.381 e. The molecule has 0 saturated carbocycles. The van der Waals surface area contributed by atoms with E-state index in [9.17, 15) is 13.2 Å². The summed E-state index contributed by atoms with van der Waals surface area (Å²) in [4.78, 5) is 14.5. The Hall–Kier alpha value is -1.64. The second-order valence-corrected chi connectivity index (χ2v) is 6.67. The predicted octanol–water partition coefficient (Wildman–Crippen LogP) is 1.00. The van der Waals surface area contributed by atoms with Gasteiger partial charge in [-0.2, -0.15) is 8.42 Å². The summed E-state index contributed by atoms with van der Waals surface area (Å²) in [7, 11) is -4.28. The Labute approximate surface area is 121 Å². The van der Waals surface area contributed by atoms with E-state index < -0.39 is 10.1 Å². The Morgan fingerprint density at radius 1 is 1.33 bits per heavy atom. The Morgan fingerprint density at radius 2 is 2.05 bits per heavy atom. The Kier molecular flexibility index (Phi) is 3.60. The fraction of sp³-hybridized carbons (Fsp3) is 0.462. The van der Waals surface area contributed by atoms with Gasteiger partial charge in [-0.05, 0) is 37.0 Å². The Balaban J connectivity index is 2.04. The first-order valence-corrected chi connectivity index (χ1v) is 8.17. The summed E-state index contributed by atoms with van der Waals surface area (Å²) in [6, 6.07) is 4.08. The van der Waals surface area contributed by atoms with Crippen molar-refractivity contribution < 1.29 is 17.7 Å². The minimum atomic E-state index is -4.28. The maximum atomic E-state index is 12.0. The molecule has 2 aromatic rings. The topological polar surface area (TPSA) is 101 Å². The SMILES string of the molecule is O=c1[nH]c2ccc(S(=O)(=O)O)cc2n1CC1CCOCC1. The zero-order valence-electron chi connectivity index (χ0n) is 11.3. The number of hydrogen-bond donors (Lipinski definition) is 2. The van der Waals surface area contributed by atoms with Crippen molar-refractivity contribution in [2.24, 2.45) is 5.92 Å². The summed E-state index contributed by atoms with van der Waals surface area (Å²) in [6.07, 6.45) is 1.74. The second-order valence-electron chi connectivity index (χ2n) is 5.25. The van der Waals surface area contributed by atoms with E-state index in [1.807, 2.05) is 0 Å². The standard InChI is InChI=1S/C13H16N2O5S/c16-13-14-11-2-1-10(21(17,18)19)7-12(11)15(13)8-9-3-5-20-6-4-9/h1-2,7,9H,3-6,8H2,(H,14,16)(H,17,18,19). The molecule has 0 atom stereocenters. The molecule has 3 rings (SSSR count). The molecule has 0 radical (unpaired) electrons. The lowest BCUT2D eigenvalue weighted by molar-refractivity contribution is 0.0613. The summed E-state index contributed by atoms with van der Waals surface area (Å²) in [5, 5.41) is 0. The van der Waals surface area contributed by atoms with Crippen LogP contribution in [0.2, 0.25) is 0 Å². The van der Waals surface area contributed by atoms with Crippen LogP contribution in [0.25, 0.3) is 11.0 Å². The van der Waals surface area contributed by atoms with Gasteiger partial charge in [-0.25, -0.2) is 4.79 Å². The molecular weight excluding hydrogens is 296 g/mol. The van der Waals surface area contributed by atoms with Crippen molar-refractivity contribution in [3.8, 4) is 0 Å². The zero-order chi connectivity index (χ0) is 15.0. The molecule has 1 aromatic heterocycles. The molecule has 8 heteroatoms. The van der Waals surface area contributed by atoms with Gasteiger partial charge in [0.15, 0.2) is 0 Å². The van der Waals surface area contributed by atoms with Gasteiger partial charge < -0.3 is 9.72 Å². The molecule has 0 unspecified atom stereocenters. The quantitative estimate of drug-likeness (QED) is 0.823. The molecule has 21 heavy (non-hydrogen) atoms. The number of nitrogens with zero attached hydrogens (tertiary/aromatic N) is 1. The fourth-order valence-electron chi connectivity index (χ4n) is 2.66. The predicted molar refractivity (Wildman–Crippen MR) is 75.9 cm³/mol. The third-order valence-corrected chi connectivity index (χ3v) is 4.68. The molecule has 2 heterocycles. The summed E-state index contributed by atoms with van der Waals surface area (Å²) in [6.45, 7) is 1.87. The molecular formula is C13H16N2O5S. The summed E-state index contributed by atoms with van der Waals surface area (Å²) >= 11 is 0. The number of aromatic amines is 1. The molecule has 0 aliphatic carbocycles. The molecule has 7 nitrogen and oxygen atoms in total. The lowest BCUT2D eigenvalue weighted by Gasteiger charge is -2.22. The smallest absolute Gasteiger partial charge is 0.326 e. The molecule has 0 bridgehead atoms. The molecule has 1 aliphatic heterocycles. The lowest BCUT2D eigenvalue weighted by Crippen LogP contribution is -2.25. The van der Waals surface area contributed by atoms with Crippen LogP contribution in [-0.4, -0.2) is 35.7 Å². The number of hydrogen-bond acceptors (Lipinski definition) is 4.